The highest BCUT2D eigenvalue weighted by atomic mass is 14.9. The van der Waals surface area contributed by atoms with Crippen LogP contribution < -0.4 is 0 Å². The molecule has 0 amide bonds. The van der Waals surface area contributed by atoms with Crippen LogP contribution in [0.4, 0.5) is 0 Å². The molecule has 3 aliphatic rings. The van der Waals surface area contributed by atoms with Crippen LogP contribution in [0.2, 0.25) is 0 Å². The lowest BCUT2D eigenvalue weighted by atomic mass is 9.68. The Morgan fingerprint density at radius 2 is 0.582 bits per heavy atom. The van der Waals surface area contributed by atoms with Crippen molar-refractivity contribution in [2.24, 2.45) is 0 Å². The predicted molar refractivity (Wildman–Crippen MR) is 577 cm³/mol. The van der Waals surface area contributed by atoms with Crippen molar-refractivity contribution in [3.8, 4) is 180 Å². The summed E-state index contributed by atoms with van der Waals surface area (Å²) in [6.45, 7) is 15.7. The molecule has 0 fully saturated rings. The molecule has 672 valence electrons. The second-order valence-corrected chi connectivity index (χ2v) is 38.4. The lowest BCUT2D eigenvalue weighted by Crippen LogP contribution is -2.30. The first-order valence-corrected chi connectivity index (χ1v) is 48.2. The van der Waals surface area contributed by atoms with E-state index < -0.39 is 5.41 Å². The number of rotatable bonds is 15. The molecular weight excluding hydrogens is 1710 g/mol. The minimum atomic E-state index is -0.815. The summed E-state index contributed by atoms with van der Waals surface area (Å²) in [5.74, 6) is 0. The van der Waals surface area contributed by atoms with E-state index >= 15 is 0 Å². The maximum atomic E-state index is 5.80. The summed E-state index contributed by atoms with van der Waals surface area (Å²) < 4.78 is 0. The van der Waals surface area contributed by atoms with Gasteiger partial charge >= 0.3 is 0 Å². The van der Waals surface area contributed by atoms with Crippen LogP contribution in [0.25, 0.3) is 191 Å². The first kappa shape index (κ1) is 87.4. The van der Waals surface area contributed by atoms with Crippen molar-refractivity contribution in [3.05, 3.63) is 518 Å². The van der Waals surface area contributed by atoms with Gasteiger partial charge in [-0.25, -0.2) is 34.9 Å². The van der Waals surface area contributed by atoms with Crippen LogP contribution in [0.3, 0.4) is 0 Å². The van der Waals surface area contributed by atoms with Gasteiger partial charge in [0.05, 0.1) is 96.5 Å². The van der Waals surface area contributed by atoms with Crippen LogP contribution in [0.1, 0.15) is 98.9 Å². The Morgan fingerprint density at radius 3 is 1.09 bits per heavy atom. The molecule has 0 saturated heterocycles. The second-order valence-electron chi connectivity index (χ2n) is 38.4. The summed E-state index contributed by atoms with van der Waals surface area (Å²) >= 11 is 0. The molecule has 10 heteroatoms. The van der Waals surface area contributed by atoms with Crippen LogP contribution in [0, 0.1) is 0 Å². The van der Waals surface area contributed by atoms with Gasteiger partial charge in [-0.2, -0.15) is 0 Å². The molecule has 7 aromatic heterocycles. The summed E-state index contributed by atoms with van der Waals surface area (Å²) in [5, 5.41) is 2.33. The molecule has 25 rings (SSSR count). The molecule has 22 aromatic rings. The maximum absolute atomic E-state index is 5.80. The zero-order valence-corrected chi connectivity index (χ0v) is 79.4. The molecule has 0 N–H and O–H groups in total. The molecule has 0 saturated carbocycles. The number of benzene rings is 15. The Morgan fingerprint density at radius 1 is 0.199 bits per heavy atom. The minimum absolute atomic E-state index is 0.0760. The summed E-state index contributed by atoms with van der Waals surface area (Å²) in [7, 11) is 0. The Hall–Kier alpha value is -17.6. The monoisotopic (exact) mass is 1810 g/mol. The highest BCUT2D eigenvalue weighted by Gasteiger charge is 2.51. The quantitative estimate of drug-likeness (QED) is 0.0978. The standard InChI is InChI=1S/C49H32N4.C42H31N3.C40H35N3/c1-4-18-34(19-5-1)45-46(35-20-6-2-7-21-35)53-48-47(52-45)40-31-44(39-27-13-12-26-38(39)43-29-14-15-30-50-43)51-32-42(40)49(48,36-23-8-3-9-24-36)41-28-16-22-33-17-10-11-25-37(33)41;1-42(2)36-26-37(34-24-32(28-15-7-3-8-16-28)23-33(25-34)29-17-9-4-10-18-29)43-27-35(36)40-41(42)45-39(31-21-13-6-14-22-31)38(44-40)30-19-11-5-12-20-30;1-39(2,3)30-23-21-29(22-24-30)35-34(28-19-13-8-14-20-28)42-37-36-32(40(4,5)38(37)43-35)25-31(26-15-9-6-10-16-26)33(41-36)27-17-11-7-12-18-27/h1-32H;3-27H,1-2H3;6-25H,1-5H3. The Bertz CT molecular complexity index is 8360. The normalized spacial score (nSPS) is 13.6. The maximum Gasteiger partial charge on any atom is 0.112 e. The van der Waals surface area contributed by atoms with Crippen molar-refractivity contribution in [1.82, 2.24) is 49.8 Å². The molecule has 0 radical (unpaired) electrons. The van der Waals surface area contributed by atoms with Crippen LogP contribution in [-0.4, -0.2) is 49.8 Å². The predicted octanol–water partition coefficient (Wildman–Crippen LogP) is 32.1. The fourth-order valence-electron chi connectivity index (χ4n) is 20.7. The fourth-order valence-corrected chi connectivity index (χ4v) is 20.7. The van der Waals surface area contributed by atoms with Crippen molar-refractivity contribution in [3.63, 3.8) is 0 Å². The van der Waals surface area contributed by atoms with Gasteiger partial charge in [0.25, 0.3) is 0 Å². The summed E-state index contributed by atoms with van der Waals surface area (Å²) in [6.07, 6.45) is 5.91. The van der Waals surface area contributed by atoms with Crippen molar-refractivity contribution in [1.29, 1.82) is 0 Å². The molecule has 7 heterocycles. The zero-order chi connectivity index (χ0) is 95.3. The van der Waals surface area contributed by atoms with Crippen LogP contribution in [-0.2, 0) is 21.7 Å². The van der Waals surface area contributed by atoms with E-state index in [-0.39, 0.29) is 16.2 Å². The highest BCUT2D eigenvalue weighted by molar-refractivity contribution is 5.97. The van der Waals surface area contributed by atoms with E-state index in [1.807, 2.05) is 67.0 Å². The average Bonchev–Trinajstić information content (AvgIpc) is 1.52. The number of pyridine rings is 4. The van der Waals surface area contributed by atoms with Crippen molar-refractivity contribution in [2.75, 3.05) is 0 Å². The van der Waals surface area contributed by atoms with Crippen molar-refractivity contribution in [2.45, 2.75) is 70.1 Å². The third-order valence-electron chi connectivity index (χ3n) is 27.9. The van der Waals surface area contributed by atoms with Gasteiger partial charge in [-0.3, -0.25) is 15.0 Å². The van der Waals surface area contributed by atoms with Gasteiger partial charge in [0.15, 0.2) is 0 Å². The third-order valence-corrected chi connectivity index (χ3v) is 27.9. The molecule has 0 aliphatic heterocycles. The molecule has 1 unspecified atom stereocenters. The van der Waals surface area contributed by atoms with Gasteiger partial charge in [0.1, 0.15) is 5.69 Å². The first-order chi connectivity index (χ1) is 69.1. The second kappa shape index (κ2) is 36.5. The molecule has 0 bridgehead atoms. The summed E-state index contributed by atoms with van der Waals surface area (Å²) in [5.41, 5.74) is 40.3. The topological polar surface area (TPSA) is 129 Å². The Kier molecular flexibility index (Phi) is 22.6. The SMILES string of the molecule is CC(C)(C)c1ccc(-c2nc3c(nc2-c2ccccc2)-c2nc(-c4ccccc4)c(-c4ccccc4)cc2C3(C)C)cc1.CC1(C)c2cc(-c3cc(-c4ccccc4)cc(-c4ccccc4)c3)ncc2-c2nc(-c3ccccc3)c(-c3ccccc3)nc21.c1ccc(-c2nc3c(nc2-c2ccccc2)C(c2ccccc2)(c2cccc4ccccc24)c2cnc(-c4ccccc4-c4ccccn4)cc2-3)cc1. The largest absolute Gasteiger partial charge is 0.256 e. The van der Waals surface area contributed by atoms with E-state index in [1.165, 1.54) is 38.8 Å². The van der Waals surface area contributed by atoms with Crippen LogP contribution >= 0.6 is 0 Å². The molecule has 3 aliphatic carbocycles. The van der Waals surface area contributed by atoms with Gasteiger partial charge in [0, 0.05) is 107 Å². The fraction of sp³-hybridized carbons (Fsp3) is 0.0840. The van der Waals surface area contributed by atoms with Crippen molar-refractivity contribution >= 4 is 10.8 Å². The molecule has 15 aromatic carbocycles. The molecular formula is C131H98N10. The van der Waals surface area contributed by atoms with E-state index in [9.17, 15) is 0 Å². The van der Waals surface area contributed by atoms with Gasteiger partial charge < -0.3 is 0 Å². The Labute approximate surface area is 822 Å². The number of hydrogen-bond donors (Lipinski definition) is 0. The first-order valence-electron chi connectivity index (χ1n) is 48.2. The highest BCUT2D eigenvalue weighted by Crippen LogP contribution is 2.59. The number of fused-ring (bicyclic) bond motifs is 10. The van der Waals surface area contributed by atoms with Gasteiger partial charge in [0.2, 0.25) is 0 Å². The van der Waals surface area contributed by atoms with Crippen LogP contribution in [0.15, 0.2) is 468 Å². The molecule has 10 nitrogen and oxygen atoms in total. The van der Waals surface area contributed by atoms with E-state index in [1.54, 1.807) is 0 Å². The lowest BCUT2D eigenvalue weighted by Gasteiger charge is -2.33. The smallest absolute Gasteiger partial charge is 0.112 e. The van der Waals surface area contributed by atoms with Gasteiger partial charge in [-0.05, 0) is 134 Å². The molecule has 0 spiro atoms. The number of aromatic nitrogens is 10. The van der Waals surface area contributed by atoms with E-state index in [4.69, 9.17) is 49.8 Å². The van der Waals surface area contributed by atoms with E-state index in [2.05, 4.69) is 449 Å². The van der Waals surface area contributed by atoms with Crippen LogP contribution in [0.5, 0.6) is 0 Å². The van der Waals surface area contributed by atoms with Gasteiger partial charge in [-0.15, -0.1) is 0 Å². The van der Waals surface area contributed by atoms with E-state index in [0.717, 1.165) is 202 Å². The number of hydrogen-bond acceptors (Lipinski definition) is 10. The molecule has 1 atom stereocenters. The lowest BCUT2D eigenvalue weighted by molar-refractivity contribution is 0.590. The van der Waals surface area contributed by atoms with Crippen molar-refractivity contribution < 1.29 is 0 Å². The summed E-state index contributed by atoms with van der Waals surface area (Å²) in [6, 6.07) is 157. The average molecular weight is 1810 g/mol. The number of nitrogens with zero attached hydrogens (tertiary/aromatic N) is 10. The van der Waals surface area contributed by atoms with E-state index in [0.29, 0.717) is 0 Å². The zero-order valence-electron chi connectivity index (χ0n) is 79.4. The summed E-state index contributed by atoms with van der Waals surface area (Å²) in [4.78, 5) is 53.6. The Balaban J connectivity index is 0.000000119. The minimum Gasteiger partial charge on any atom is -0.256 e. The van der Waals surface area contributed by atoms with Gasteiger partial charge in [-0.1, -0.05) is 435 Å². The molecule has 141 heavy (non-hydrogen) atoms. The third kappa shape index (κ3) is 16.1.